The van der Waals surface area contributed by atoms with Crippen molar-refractivity contribution < 1.29 is 17.9 Å². The maximum atomic E-state index is 12.5. The largest absolute Gasteiger partial charge is 0.489 e. The molecule has 0 aromatic heterocycles. The van der Waals surface area contributed by atoms with Gasteiger partial charge < -0.3 is 4.74 Å². The van der Waals surface area contributed by atoms with E-state index in [-0.39, 0.29) is 6.54 Å². The lowest BCUT2D eigenvalue weighted by atomic mass is 10.2. The third kappa shape index (κ3) is 7.44. The van der Waals surface area contributed by atoms with Gasteiger partial charge in [0.2, 0.25) is 10.0 Å². The quantitative estimate of drug-likeness (QED) is 0.205. The summed E-state index contributed by atoms with van der Waals surface area (Å²) in [7, 11) is -3.59. The lowest BCUT2D eigenvalue weighted by Crippen LogP contribution is -2.29. The van der Waals surface area contributed by atoms with Gasteiger partial charge in [0.15, 0.2) is 0 Å². The number of amides is 1. The maximum Gasteiger partial charge on any atom is 0.271 e. The Hall–Kier alpha value is -4.14. The molecule has 1 N–H and O–H groups in total. The number of nitrogens with one attached hydrogen (secondary N) is 1. The highest BCUT2D eigenvalue weighted by atomic mass is 35.5. The zero-order valence-electron chi connectivity index (χ0n) is 20.6. The van der Waals surface area contributed by atoms with Crippen LogP contribution >= 0.6 is 11.6 Å². The average Bonchev–Trinajstić information content (AvgIpc) is 2.92. The fourth-order valence-corrected chi connectivity index (χ4v) is 4.66. The Bertz CT molecular complexity index is 1510. The minimum Gasteiger partial charge on any atom is -0.489 e. The molecule has 0 spiro atoms. The summed E-state index contributed by atoms with van der Waals surface area (Å²) < 4.78 is 31.9. The predicted molar refractivity (Wildman–Crippen MR) is 151 cm³/mol. The molecule has 1 amide bonds. The molecule has 194 valence electrons. The van der Waals surface area contributed by atoms with E-state index in [4.69, 9.17) is 16.3 Å². The molecule has 0 saturated heterocycles. The number of carbonyl (C=O) groups is 1. The minimum atomic E-state index is -3.59. The maximum absolute atomic E-state index is 12.5. The zero-order chi connectivity index (χ0) is 27.0. The second-order valence-electron chi connectivity index (χ2n) is 8.45. The Morgan fingerprint density at radius 1 is 0.921 bits per heavy atom. The summed E-state index contributed by atoms with van der Waals surface area (Å²) in [6.45, 7) is 0.551. The number of rotatable bonds is 10. The first-order chi connectivity index (χ1) is 18.3. The molecule has 0 bridgehead atoms. The van der Waals surface area contributed by atoms with Gasteiger partial charge in [-0.1, -0.05) is 60.1 Å². The highest BCUT2D eigenvalue weighted by molar-refractivity contribution is 7.92. The number of nitrogens with zero attached hydrogens (tertiary/aromatic N) is 2. The smallest absolute Gasteiger partial charge is 0.271 e. The Labute approximate surface area is 227 Å². The molecule has 4 rings (SSSR count). The average molecular weight is 548 g/mol. The van der Waals surface area contributed by atoms with Gasteiger partial charge in [-0.2, -0.15) is 5.10 Å². The number of hydrazone groups is 1. The fraction of sp³-hybridized carbons (Fsp3) is 0.103. The van der Waals surface area contributed by atoms with E-state index in [1.807, 2.05) is 54.6 Å². The van der Waals surface area contributed by atoms with E-state index >= 15 is 0 Å². The summed E-state index contributed by atoms with van der Waals surface area (Å²) in [5.74, 6) is 0.306. The van der Waals surface area contributed by atoms with Crippen LogP contribution < -0.4 is 14.5 Å². The van der Waals surface area contributed by atoms with E-state index < -0.39 is 15.9 Å². The van der Waals surface area contributed by atoms with E-state index in [1.54, 1.807) is 48.5 Å². The SMILES string of the molecule is CS(=O)(=O)N(Cc1ccccc1Cl)c1ccc(C(=O)N/N=C\c2ccc(OCc3ccccc3)cc2)cc1. The second-order valence-corrected chi connectivity index (χ2v) is 10.8. The predicted octanol–water partition coefficient (Wildman–Crippen LogP) is 5.65. The first-order valence-electron chi connectivity index (χ1n) is 11.7. The molecule has 38 heavy (non-hydrogen) atoms. The number of anilines is 1. The summed E-state index contributed by atoms with van der Waals surface area (Å²) in [5, 5.41) is 4.49. The van der Waals surface area contributed by atoms with Gasteiger partial charge in [-0.05, 0) is 71.3 Å². The lowest BCUT2D eigenvalue weighted by Gasteiger charge is -2.23. The molecule has 0 aliphatic carbocycles. The van der Waals surface area contributed by atoms with Crippen molar-refractivity contribution in [1.82, 2.24) is 5.43 Å². The van der Waals surface area contributed by atoms with Gasteiger partial charge >= 0.3 is 0 Å². The molecule has 7 nitrogen and oxygen atoms in total. The number of carbonyl (C=O) groups excluding carboxylic acids is 1. The monoisotopic (exact) mass is 547 g/mol. The Kier molecular flexibility index (Phi) is 8.78. The number of ether oxygens (including phenoxy) is 1. The van der Waals surface area contributed by atoms with Crippen LogP contribution in [0.1, 0.15) is 27.0 Å². The normalized spacial score (nSPS) is 11.3. The molecule has 0 unspecified atom stereocenters. The first-order valence-corrected chi connectivity index (χ1v) is 13.9. The van der Waals surface area contributed by atoms with Crippen LogP contribution in [-0.4, -0.2) is 26.8 Å². The number of sulfonamides is 1. The van der Waals surface area contributed by atoms with Gasteiger partial charge in [-0.25, -0.2) is 13.8 Å². The Morgan fingerprint density at radius 2 is 1.58 bits per heavy atom. The molecule has 0 atom stereocenters. The molecule has 0 heterocycles. The molecular formula is C29H26ClN3O4S. The van der Waals surface area contributed by atoms with Crippen molar-refractivity contribution in [2.45, 2.75) is 13.2 Å². The van der Waals surface area contributed by atoms with E-state index in [2.05, 4.69) is 10.5 Å². The van der Waals surface area contributed by atoms with Crippen molar-refractivity contribution in [3.8, 4) is 5.75 Å². The summed E-state index contributed by atoms with van der Waals surface area (Å²) in [6.07, 6.45) is 2.66. The molecule has 9 heteroatoms. The van der Waals surface area contributed by atoms with Gasteiger partial charge in [-0.15, -0.1) is 0 Å². The molecular weight excluding hydrogens is 522 g/mol. The van der Waals surface area contributed by atoms with Crippen molar-refractivity contribution in [2.24, 2.45) is 5.10 Å². The molecule has 0 aliphatic rings. The van der Waals surface area contributed by atoms with Crippen molar-refractivity contribution in [1.29, 1.82) is 0 Å². The summed E-state index contributed by atoms with van der Waals surface area (Å²) in [5.41, 5.74) is 5.78. The summed E-state index contributed by atoms with van der Waals surface area (Å²) in [4.78, 5) is 12.5. The summed E-state index contributed by atoms with van der Waals surface area (Å²) >= 11 is 6.22. The fourth-order valence-electron chi connectivity index (χ4n) is 3.58. The van der Waals surface area contributed by atoms with Gasteiger partial charge in [-0.3, -0.25) is 9.10 Å². The number of hydrogen-bond acceptors (Lipinski definition) is 5. The van der Waals surface area contributed by atoms with E-state index in [1.165, 1.54) is 10.5 Å². The Morgan fingerprint density at radius 3 is 2.24 bits per heavy atom. The van der Waals surface area contributed by atoms with Crippen LogP contribution in [0.3, 0.4) is 0 Å². The molecule has 0 aliphatic heterocycles. The summed E-state index contributed by atoms with van der Waals surface area (Å²) in [6, 6.07) is 30.5. The van der Waals surface area contributed by atoms with Crippen LogP contribution in [0.25, 0.3) is 0 Å². The van der Waals surface area contributed by atoms with Crippen LogP contribution in [0, 0.1) is 0 Å². The van der Waals surface area contributed by atoms with Crippen molar-refractivity contribution in [3.05, 3.63) is 130 Å². The highest BCUT2D eigenvalue weighted by Gasteiger charge is 2.19. The van der Waals surface area contributed by atoms with Crippen LogP contribution in [0.15, 0.2) is 108 Å². The molecule has 4 aromatic carbocycles. The molecule has 4 aromatic rings. The first kappa shape index (κ1) is 26.9. The van der Waals surface area contributed by atoms with Crippen molar-refractivity contribution in [3.63, 3.8) is 0 Å². The third-order valence-corrected chi connectivity index (χ3v) is 7.11. The van der Waals surface area contributed by atoms with Crippen LogP contribution in [0.5, 0.6) is 5.75 Å². The minimum absolute atomic E-state index is 0.0738. The number of hydrogen-bond donors (Lipinski definition) is 1. The van der Waals surface area contributed by atoms with Crippen molar-refractivity contribution in [2.75, 3.05) is 10.6 Å². The Balaban J connectivity index is 1.34. The number of halogens is 1. The van der Waals surface area contributed by atoms with Gasteiger partial charge in [0.05, 0.1) is 24.7 Å². The van der Waals surface area contributed by atoms with E-state index in [9.17, 15) is 13.2 Å². The molecule has 0 saturated carbocycles. The van der Waals surface area contributed by atoms with E-state index in [0.717, 1.165) is 23.1 Å². The second kappa shape index (κ2) is 12.4. The van der Waals surface area contributed by atoms with E-state index in [0.29, 0.717) is 28.4 Å². The zero-order valence-corrected chi connectivity index (χ0v) is 22.2. The number of benzene rings is 4. The molecule has 0 fully saturated rings. The highest BCUT2D eigenvalue weighted by Crippen LogP contribution is 2.24. The van der Waals surface area contributed by atoms with Gasteiger partial charge in [0.25, 0.3) is 5.91 Å². The standard InChI is InChI=1S/C29H26ClN3O4S/c1-38(35,36)33(20-25-9-5-6-10-28(25)30)26-15-13-24(14-16-26)29(34)32-31-19-22-11-17-27(18-12-22)37-21-23-7-3-2-4-8-23/h2-19H,20-21H2,1H3,(H,32,34)/b31-19-. The molecule has 0 radical (unpaired) electrons. The van der Waals surface area contributed by atoms with Gasteiger partial charge in [0, 0.05) is 10.6 Å². The van der Waals surface area contributed by atoms with Crippen LogP contribution in [0.4, 0.5) is 5.69 Å². The van der Waals surface area contributed by atoms with Gasteiger partial charge in [0.1, 0.15) is 12.4 Å². The van der Waals surface area contributed by atoms with Crippen LogP contribution in [-0.2, 0) is 23.2 Å². The third-order valence-electron chi connectivity index (χ3n) is 5.60. The topological polar surface area (TPSA) is 88.1 Å². The lowest BCUT2D eigenvalue weighted by molar-refractivity contribution is 0.0955. The van der Waals surface area contributed by atoms with Crippen LogP contribution in [0.2, 0.25) is 5.02 Å². The van der Waals surface area contributed by atoms with Crippen molar-refractivity contribution >= 4 is 39.4 Å².